The van der Waals surface area contributed by atoms with Crippen molar-refractivity contribution in [3.05, 3.63) is 66.5 Å². The molecule has 0 spiro atoms. The highest BCUT2D eigenvalue weighted by Gasteiger charge is 2.04. The topological polar surface area (TPSA) is 25.2 Å². The van der Waals surface area contributed by atoms with Crippen LogP contribution < -0.4 is 0 Å². The smallest absolute Gasteiger partial charge is 0.0808 e. The quantitative estimate of drug-likeness (QED) is 0.556. The molecule has 0 amide bonds. The molecule has 2 nitrogen and oxygen atoms in total. The van der Waals surface area contributed by atoms with Crippen molar-refractivity contribution in [1.82, 2.24) is 4.98 Å². The second-order valence-electron chi connectivity index (χ2n) is 3.76. The monoisotopic (exact) mass is 226 g/mol. The first kappa shape index (κ1) is 13.1. The molecular formula is C15H18N2. The standard InChI is InChI=1S/C15H18N2/c1-5-12(3)15(6-2)13(4)17-11-14-9-7-8-10-16-14/h5-11,13H,1-2H2,3-4H3. The van der Waals surface area contributed by atoms with Crippen molar-refractivity contribution >= 4 is 6.21 Å². The maximum absolute atomic E-state index is 4.47. The van der Waals surface area contributed by atoms with Gasteiger partial charge >= 0.3 is 0 Å². The minimum absolute atomic E-state index is 0.0625. The second kappa shape index (κ2) is 6.59. The molecule has 17 heavy (non-hydrogen) atoms. The van der Waals surface area contributed by atoms with E-state index in [4.69, 9.17) is 0 Å². The Hall–Kier alpha value is -1.96. The van der Waals surface area contributed by atoms with Gasteiger partial charge in [-0.25, -0.2) is 0 Å². The van der Waals surface area contributed by atoms with Crippen LogP contribution in [-0.4, -0.2) is 17.2 Å². The van der Waals surface area contributed by atoms with Gasteiger partial charge in [0, 0.05) is 12.4 Å². The Bertz CT molecular complexity index is 441. The van der Waals surface area contributed by atoms with Gasteiger partial charge in [-0.15, -0.1) is 0 Å². The normalized spacial score (nSPS) is 14.2. The highest BCUT2D eigenvalue weighted by Crippen LogP contribution is 2.13. The fraction of sp³-hybridized carbons (Fsp3) is 0.200. The third-order valence-electron chi connectivity index (χ3n) is 2.55. The third-order valence-corrected chi connectivity index (χ3v) is 2.55. The van der Waals surface area contributed by atoms with E-state index in [2.05, 4.69) is 23.1 Å². The predicted molar refractivity (Wildman–Crippen MR) is 74.4 cm³/mol. The first-order valence-corrected chi connectivity index (χ1v) is 5.59. The summed E-state index contributed by atoms with van der Waals surface area (Å²) in [6, 6.07) is 5.82. The van der Waals surface area contributed by atoms with Gasteiger partial charge in [-0.2, -0.15) is 0 Å². The van der Waals surface area contributed by atoms with Gasteiger partial charge in [-0.3, -0.25) is 9.98 Å². The first-order chi connectivity index (χ1) is 8.19. The van der Waals surface area contributed by atoms with E-state index in [1.54, 1.807) is 12.4 Å². The van der Waals surface area contributed by atoms with Gasteiger partial charge in [-0.1, -0.05) is 31.4 Å². The zero-order valence-electron chi connectivity index (χ0n) is 10.4. The Morgan fingerprint density at radius 2 is 2.12 bits per heavy atom. The van der Waals surface area contributed by atoms with Crippen molar-refractivity contribution in [3.8, 4) is 0 Å². The summed E-state index contributed by atoms with van der Waals surface area (Å²) in [6.45, 7) is 11.6. The summed E-state index contributed by atoms with van der Waals surface area (Å²) in [5.41, 5.74) is 3.05. The molecule has 1 atom stereocenters. The van der Waals surface area contributed by atoms with E-state index in [9.17, 15) is 0 Å². The molecule has 0 radical (unpaired) electrons. The van der Waals surface area contributed by atoms with E-state index in [1.165, 1.54) is 0 Å². The lowest BCUT2D eigenvalue weighted by atomic mass is 10.0. The van der Waals surface area contributed by atoms with E-state index < -0.39 is 0 Å². The van der Waals surface area contributed by atoms with Crippen molar-refractivity contribution in [2.45, 2.75) is 19.9 Å². The van der Waals surface area contributed by atoms with Crippen molar-refractivity contribution in [2.75, 3.05) is 0 Å². The molecule has 0 aliphatic heterocycles. The summed E-state index contributed by atoms with van der Waals surface area (Å²) in [5.74, 6) is 0. The molecule has 0 fully saturated rings. The zero-order valence-corrected chi connectivity index (χ0v) is 10.4. The summed E-state index contributed by atoms with van der Waals surface area (Å²) in [7, 11) is 0. The summed E-state index contributed by atoms with van der Waals surface area (Å²) >= 11 is 0. The molecule has 1 aromatic rings. The van der Waals surface area contributed by atoms with Gasteiger partial charge in [0.2, 0.25) is 0 Å². The lowest BCUT2D eigenvalue weighted by Gasteiger charge is -2.09. The van der Waals surface area contributed by atoms with Gasteiger partial charge in [-0.05, 0) is 37.1 Å². The van der Waals surface area contributed by atoms with Crippen LogP contribution in [0, 0.1) is 0 Å². The van der Waals surface area contributed by atoms with Crippen molar-refractivity contribution in [2.24, 2.45) is 4.99 Å². The molecule has 0 N–H and O–H groups in total. The third kappa shape index (κ3) is 3.83. The summed E-state index contributed by atoms with van der Waals surface area (Å²) in [4.78, 5) is 8.66. The number of hydrogen-bond acceptors (Lipinski definition) is 2. The van der Waals surface area contributed by atoms with Crippen LogP contribution >= 0.6 is 0 Å². The van der Waals surface area contributed by atoms with Gasteiger partial charge < -0.3 is 0 Å². The Morgan fingerprint density at radius 1 is 1.35 bits per heavy atom. The number of nitrogens with zero attached hydrogens (tertiary/aromatic N) is 2. The van der Waals surface area contributed by atoms with Crippen LogP contribution in [0.15, 0.2) is 65.8 Å². The van der Waals surface area contributed by atoms with Crippen LogP contribution in [-0.2, 0) is 0 Å². The molecule has 0 aliphatic carbocycles. The Balaban J connectivity index is 2.85. The average Bonchev–Trinajstić information content (AvgIpc) is 2.38. The molecule has 1 heterocycles. The molecule has 0 aromatic carbocycles. The number of rotatable bonds is 5. The predicted octanol–water partition coefficient (Wildman–Crippen LogP) is 3.58. The zero-order chi connectivity index (χ0) is 12.7. The number of allylic oxidation sites excluding steroid dienone is 2. The maximum Gasteiger partial charge on any atom is 0.0808 e. The summed E-state index contributed by atoms with van der Waals surface area (Å²) in [6.07, 6.45) is 7.19. The lowest BCUT2D eigenvalue weighted by Crippen LogP contribution is -2.03. The molecule has 2 heteroatoms. The number of aliphatic imine (C=N–C) groups is 1. The van der Waals surface area contributed by atoms with E-state index in [0.29, 0.717) is 0 Å². The molecule has 0 bridgehead atoms. The van der Waals surface area contributed by atoms with Gasteiger partial charge in [0.1, 0.15) is 0 Å². The summed E-state index contributed by atoms with van der Waals surface area (Å²) < 4.78 is 0. The molecule has 1 aromatic heterocycles. The molecule has 88 valence electrons. The summed E-state index contributed by atoms with van der Waals surface area (Å²) in [5, 5.41) is 0. The van der Waals surface area contributed by atoms with Crippen molar-refractivity contribution < 1.29 is 0 Å². The minimum atomic E-state index is 0.0625. The SMILES string of the molecule is C=CC(C)=C(C=C)C(C)N=Cc1ccccn1. The van der Waals surface area contributed by atoms with Gasteiger partial charge in [0.25, 0.3) is 0 Å². The number of aromatic nitrogens is 1. The van der Waals surface area contributed by atoms with Crippen LogP contribution in [0.3, 0.4) is 0 Å². The lowest BCUT2D eigenvalue weighted by molar-refractivity contribution is 0.881. The molecule has 1 unspecified atom stereocenters. The largest absolute Gasteiger partial charge is 0.283 e. The van der Waals surface area contributed by atoms with Crippen LogP contribution in [0.5, 0.6) is 0 Å². The Labute approximate surface area is 103 Å². The van der Waals surface area contributed by atoms with Crippen LogP contribution in [0.1, 0.15) is 19.5 Å². The molecule has 0 aliphatic rings. The van der Waals surface area contributed by atoms with Crippen LogP contribution in [0.2, 0.25) is 0 Å². The van der Waals surface area contributed by atoms with Crippen molar-refractivity contribution in [1.29, 1.82) is 0 Å². The first-order valence-electron chi connectivity index (χ1n) is 5.59. The fourth-order valence-corrected chi connectivity index (χ4v) is 1.50. The molecule has 0 saturated carbocycles. The Kier molecular flexibility index (Phi) is 5.08. The van der Waals surface area contributed by atoms with E-state index in [1.807, 2.05) is 44.2 Å². The van der Waals surface area contributed by atoms with Gasteiger partial charge in [0.15, 0.2) is 0 Å². The van der Waals surface area contributed by atoms with E-state index >= 15 is 0 Å². The molecule has 1 rings (SSSR count). The highest BCUT2D eigenvalue weighted by molar-refractivity contribution is 5.77. The second-order valence-corrected chi connectivity index (χ2v) is 3.76. The average molecular weight is 226 g/mol. The Morgan fingerprint density at radius 3 is 2.65 bits per heavy atom. The van der Waals surface area contributed by atoms with Gasteiger partial charge in [0.05, 0.1) is 11.7 Å². The number of pyridine rings is 1. The fourth-order valence-electron chi connectivity index (χ4n) is 1.50. The minimum Gasteiger partial charge on any atom is -0.283 e. The highest BCUT2D eigenvalue weighted by atomic mass is 14.8. The van der Waals surface area contributed by atoms with Crippen LogP contribution in [0.25, 0.3) is 0 Å². The van der Waals surface area contributed by atoms with E-state index in [0.717, 1.165) is 16.8 Å². The van der Waals surface area contributed by atoms with Crippen LogP contribution in [0.4, 0.5) is 0 Å². The van der Waals surface area contributed by atoms with E-state index in [-0.39, 0.29) is 6.04 Å². The van der Waals surface area contributed by atoms with Crippen molar-refractivity contribution in [3.63, 3.8) is 0 Å². The molecular weight excluding hydrogens is 208 g/mol. The maximum atomic E-state index is 4.47. The molecule has 0 saturated heterocycles. The number of hydrogen-bond donors (Lipinski definition) is 0.